The Labute approximate surface area is 211 Å². The van der Waals surface area contributed by atoms with Gasteiger partial charge in [0.2, 0.25) is 11.8 Å². The summed E-state index contributed by atoms with van der Waals surface area (Å²) in [5, 5.41) is 3.56. The van der Waals surface area contributed by atoms with Gasteiger partial charge < -0.3 is 19.5 Å². The van der Waals surface area contributed by atoms with Gasteiger partial charge in [0.25, 0.3) is 0 Å². The molecule has 0 radical (unpaired) electrons. The Morgan fingerprint density at radius 2 is 1.77 bits per heavy atom. The van der Waals surface area contributed by atoms with Crippen LogP contribution in [0.15, 0.2) is 65.1 Å². The summed E-state index contributed by atoms with van der Waals surface area (Å²) in [6.07, 6.45) is 4.60. The number of halogens is 1. The van der Waals surface area contributed by atoms with Crippen molar-refractivity contribution in [1.29, 1.82) is 0 Å². The lowest BCUT2D eigenvalue weighted by molar-refractivity contribution is -0.131. The van der Waals surface area contributed by atoms with Crippen LogP contribution >= 0.6 is 11.6 Å². The molecule has 0 spiro atoms. The molecule has 2 aromatic carbocycles. The van der Waals surface area contributed by atoms with Crippen molar-refractivity contribution >= 4 is 40.9 Å². The first-order chi connectivity index (χ1) is 16.9. The number of anilines is 2. The number of carbonyl (C=O) groups excluding carboxylic acids is 2. The maximum Gasteiger partial charge on any atom is 0.248 e. The molecule has 0 saturated carbocycles. The standard InChI is InChI=1S/C28H30ClN3O3/c1-3-5-28(34)32-18-16-31(17-19-32)22-10-8-21(9-11-22)30-27(33)15-13-23-12-14-26(35-23)24-6-4-7-25(29)20(24)2/h4,6-15H,3,5,16-19H2,1-2H3,(H,30,33)/b15-13+. The normalized spacial score (nSPS) is 13.9. The first-order valence-corrected chi connectivity index (χ1v) is 12.3. The second kappa shape index (κ2) is 11.3. The van der Waals surface area contributed by atoms with Gasteiger partial charge in [0.05, 0.1) is 0 Å². The molecular formula is C28H30ClN3O3. The molecule has 1 N–H and O–H groups in total. The number of carbonyl (C=O) groups is 2. The zero-order valence-electron chi connectivity index (χ0n) is 20.1. The first-order valence-electron chi connectivity index (χ1n) is 11.9. The van der Waals surface area contributed by atoms with Crippen molar-refractivity contribution in [2.45, 2.75) is 26.7 Å². The molecule has 0 aliphatic carbocycles. The van der Waals surface area contributed by atoms with Crippen LogP contribution in [0.2, 0.25) is 5.02 Å². The lowest BCUT2D eigenvalue weighted by Gasteiger charge is -2.36. The molecule has 3 aromatic rings. The third kappa shape index (κ3) is 6.14. The average molecular weight is 492 g/mol. The van der Waals surface area contributed by atoms with Gasteiger partial charge in [-0.1, -0.05) is 30.7 Å². The summed E-state index contributed by atoms with van der Waals surface area (Å²) in [6.45, 7) is 7.08. The van der Waals surface area contributed by atoms with E-state index < -0.39 is 0 Å². The third-order valence-electron chi connectivity index (χ3n) is 6.16. The van der Waals surface area contributed by atoms with Crippen molar-refractivity contribution in [2.24, 2.45) is 0 Å². The molecule has 1 fully saturated rings. The van der Waals surface area contributed by atoms with Gasteiger partial charge >= 0.3 is 0 Å². The maximum atomic E-state index is 12.4. The third-order valence-corrected chi connectivity index (χ3v) is 6.56. The quantitative estimate of drug-likeness (QED) is 0.411. The Kier molecular flexibility index (Phi) is 7.93. The topological polar surface area (TPSA) is 65.8 Å². The number of furan rings is 1. The van der Waals surface area contributed by atoms with Crippen LogP contribution in [0.1, 0.15) is 31.1 Å². The summed E-state index contributed by atoms with van der Waals surface area (Å²) < 4.78 is 5.87. The Bertz CT molecular complexity index is 1210. The number of benzene rings is 2. The lowest BCUT2D eigenvalue weighted by atomic mass is 10.1. The first kappa shape index (κ1) is 24.6. The highest BCUT2D eigenvalue weighted by Gasteiger charge is 2.20. The minimum Gasteiger partial charge on any atom is -0.457 e. The second-order valence-electron chi connectivity index (χ2n) is 8.60. The van der Waals surface area contributed by atoms with Gasteiger partial charge in [-0.3, -0.25) is 9.59 Å². The van der Waals surface area contributed by atoms with Crippen LogP contribution in [0.4, 0.5) is 11.4 Å². The van der Waals surface area contributed by atoms with Crippen molar-refractivity contribution in [3.63, 3.8) is 0 Å². The van der Waals surface area contributed by atoms with Gasteiger partial charge in [0, 0.05) is 60.6 Å². The summed E-state index contributed by atoms with van der Waals surface area (Å²) in [6, 6.07) is 17.1. The molecule has 1 aliphatic heterocycles. The van der Waals surface area contributed by atoms with E-state index in [0.717, 1.165) is 55.1 Å². The van der Waals surface area contributed by atoms with E-state index in [1.165, 1.54) is 6.08 Å². The van der Waals surface area contributed by atoms with Crippen LogP contribution in [0.25, 0.3) is 17.4 Å². The minimum atomic E-state index is -0.238. The molecule has 0 atom stereocenters. The molecule has 35 heavy (non-hydrogen) atoms. The van der Waals surface area contributed by atoms with Gasteiger partial charge in [-0.2, -0.15) is 0 Å². The van der Waals surface area contributed by atoms with E-state index in [9.17, 15) is 9.59 Å². The van der Waals surface area contributed by atoms with Crippen LogP contribution in [0, 0.1) is 6.92 Å². The molecular weight excluding hydrogens is 462 g/mol. The molecule has 2 amide bonds. The smallest absolute Gasteiger partial charge is 0.248 e. The highest BCUT2D eigenvalue weighted by atomic mass is 35.5. The zero-order valence-corrected chi connectivity index (χ0v) is 20.8. The molecule has 4 rings (SSSR count). The van der Waals surface area contributed by atoms with Gasteiger partial charge in [-0.25, -0.2) is 0 Å². The molecule has 6 nitrogen and oxygen atoms in total. The van der Waals surface area contributed by atoms with Crippen molar-refractivity contribution in [3.05, 3.63) is 77.0 Å². The summed E-state index contributed by atoms with van der Waals surface area (Å²) in [5.74, 6) is 1.29. The Morgan fingerprint density at radius 3 is 2.49 bits per heavy atom. The second-order valence-corrected chi connectivity index (χ2v) is 9.01. The molecule has 0 bridgehead atoms. The number of nitrogens with zero attached hydrogens (tertiary/aromatic N) is 2. The molecule has 2 heterocycles. The molecule has 1 aliphatic rings. The number of hydrogen-bond donors (Lipinski definition) is 1. The van der Waals surface area contributed by atoms with Crippen molar-refractivity contribution in [3.8, 4) is 11.3 Å². The average Bonchev–Trinajstić information content (AvgIpc) is 3.34. The van der Waals surface area contributed by atoms with E-state index in [1.54, 1.807) is 6.08 Å². The van der Waals surface area contributed by atoms with Gasteiger partial charge in [0.1, 0.15) is 11.5 Å². The predicted octanol–water partition coefficient (Wildman–Crippen LogP) is 6.01. The lowest BCUT2D eigenvalue weighted by Crippen LogP contribution is -2.48. The van der Waals surface area contributed by atoms with E-state index in [0.29, 0.717) is 23.0 Å². The van der Waals surface area contributed by atoms with E-state index in [4.69, 9.17) is 16.0 Å². The number of nitrogens with one attached hydrogen (secondary N) is 1. The summed E-state index contributed by atoms with van der Waals surface area (Å²) >= 11 is 6.21. The van der Waals surface area contributed by atoms with Crippen molar-refractivity contribution in [2.75, 3.05) is 36.4 Å². The fraction of sp³-hybridized carbons (Fsp3) is 0.286. The van der Waals surface area contributed by atoms with Crippen molar-refractivity contribution in [1.82, 2.24) is 4.90 Å². The molecule has 7 heteroatoms. The number of hydrogen-bond acceptors (Lipinski definition) is 4. The fourth-order valence-electron chi connectivity index (χ4n) is 4.14. The van der Waals surface area contributed by atoms with Crippen LogP contribution in [-0.4, -0.2) is 42.9 Å². The molecule has 1 saturated heterocycles. The SMILES string of the molecule is CCCC(=O)N1CCN(c2ccc(NC(=O)/C=C/c3ccc(-c4cccc(Cl)c4C)o3)cc2)CC1. The molecule has 182 valence electrons. The number of rotatable bonds is 7. The van der Waals surface area contributed by atoms with E-state index in [1.807, 2.05) is 73.3 Å². The monoisotopic (exact) mass is 491 g/mol. The Hall–Kier alpha value is -3.51. The Balaban J connectivity index is 1.30. The largest absolute Gasteiger partial charge is 0.457 e. The highest BCUT2D eigenvalue weighted by Crippen LogP contribution is 2.30. The van der Waals surface area contributed by atoms with Crippen LogP contribution in [-0.2, 0) is 9.59 Å². The highest BCUT2D eigenvalue weighted by molar-refractivity contribution is 6.31. The van der Waals surface area contributed by atoms with Crippen LogP contribution in [0.5, 0.6) is 0 Å². The number of amides is 2. The molecule has 1 aromatic heterocycles. The van der Waals surface area contributed by atoms with Crippen molar-refractivity contribution < 1.29 is 14.0 Å². The predicted molar refractivity (Wildman–Crippen MR) is 142 cm³/mol. The zero-order chi connectivity index (χ0) is 24.8. The summed E-state index contributed by atoms with van der Waals surface area (Å²) in [7, 11) is 0. The minimum absolute atomic E-state index is 0.238. The number of piperazine rings is 1. The van der Waals surface area contributed by atoms with E-state index >= 15 is 0 Å². The van der Waals surface area contributed by atoms with E-state index in [2.05, 4.69) is 10.2 Å². The van der Waals surface area contributed by atoms with E-state index in [-0.39, 0.29) is 11.8 Å². The fourth-order valence-corrected chi connectivity index (χ4v) is 4.32. The Morgan fingerprint density at radius 1 is 1.03 bits per heavy atom. The maximum absolute atomic E-state index is 12.4. The van der Waals surface area contributed by atoms with Crippen LogP contribution < -0.4 is 10.2 Å². The molecule has 0 unspecified atom stereocenters. The van der Waals surface area contributed by atoms with Gasteiger partial charge in [-0.05, 0) is 67.4 Å². The summed E-state index contributed by atoms with van der Waals surface area (Å²) in [5.41, 5.74) is 3.68. The van der Waals surface area contributed by atoms with Gasteiger partial charge in [-0.15, -0.1) is 0 Å². The van der Waals surface area contributed by atoms with Crippen LogP contribution in [0.3, 0.4) is 0 Å². The van der Waals surface area contributed by atoms with Gasteiger partial charge in [0.15, 0.2) is 0 Å². The summed E-state index contributed by atoms with van der Waals surface area (Å²) in [4.78, 5) is 28.7.